The van der Waals surface area contributed by atoms with Crippen molar-refractivity contribution in [1.29, 1.82) is 0 Å². The van der Waals surface area contributed by atoms with Crippen molar-refractivity contribution in [1.82, 2.24) is 3.71 Å². The van der Waals surface area contributed by atoms with E-state index < -0.39 is 20.4 Å². The number of hydrogen-bond acceptors (Lipinski definition) is 2. The summed E-state index contributed by atoms with van der Waals surface area (Å²) < 4.78 is 7.92. The van der Waals surface area contributed by atoms with E-state index in [0.29, 0.717) is 0 Å². The minimum Gasteiger partial charge on any atom is -0.383 e. The highest BCUT2D eigenvalue weighted by Gasteiger charge is 2.37. The monoisotopic (exact) mass is 225 g/mol. The van der Waals surface area contributed by atoms with Gasteiger partial charge >= 0.3 is 0 Å². The summed E-state index contributed by atoms with van der Waals surface area (Å²) in [5.74, 6) is 2.83. The van der Waals surface area contributed by atoms with Crippen molar-refractivity contribution in [2.45, 2.75) is 0 Å². The van der Waals surface area contributed by atoms with E-state index in [-0.39, 0.29) is 0 Å². The first-order chi connectivity index (χ1) is 5.90. The quantitative estimate of drug-likeness (QED) is 0.727. The predicted octanol–water partition coefficient (Wildman–Crippen LogP) is 1.91. The van der Waals surface area contributed by atoms with E-state index in [0.717, 1.165) is 13.2 Å². The Labute approximate surface area is 85.9 Å². The number of hydrogen-bond donors (Lipinski definition) is 0. The molecule has 0 spiro atoms. The maximum atomic E-state index is 5.18. The summed E-state index contributed by atoms with van der Waals surface area (Å²) in [6.45, 7) is 2.01. The molecule has 1 rings (SSSR count). The zero-order valence-corrected chi connectivity index (χ0v) is 11.1. The molecule has 0 aromatic carbocycles. The molecule has 82 valence electrons. The topological polar surface area (TPSA) is 12.5 Å². The van der Waals surface area contributed by atoms with Gasteiger partial charge in [-0.1, -0.05) is 0 Å². The van der Waals surface area contributed by atoms with Crippen LogP contribution in [0.3, 0.4) is 0 Å². The van der Waals surface area contributed by atoms with Gasteiger partial charge in [0.05, 0.1) is 6.61 Å². The van der Waals surface area contributed by atoms with E-state index >= 15 is 0 Å². The standard InChI is InChI=1S/C9H23NOS2/c1-11-7-6-10-12(2,3)8-9-13(10,4)5/h6-9H2,1-5H3. The van der Waals surface area contributed by atoms with Gasteiger partial charge in [0.25, 0.3) is 0 Å². The summed E-state index contributed by atoms with van der Waals surface area (Å²) in [4.78, 5) is 0. The van der Waals surface area contributed by atoms with Gasteiger partial charge in [-0.15, -0.1) is 0 Å². The van der Waals surface area contributed by atoms with Gasteiger partial charge in [-0.25, -0.2) is 3.71 Å². The highest BCUT2D eigenvalue weighted by molar-refractivity contribution is 8.47. The summed E-state index contributed by atoms with van der Waals surface area (Å²) in [5.41, 5.74) is 0. The number of nitrogens with zero attached hydrogens (tertiary/aromatic N) is 1. The Morgan fingerprint density at radius 1 is 1.08 bits per heavy atom. The van der Waals surface area contributed by atoms with Crippen LogP contribution in [0.2, 0.25) is 0 Å². The van der Waals surface area contributed by atoms with E-state index in [1.165, 1.54) is 11.5 Å². The largest absolute Gasteiger partial charge is 0.383 e. The second kappa shape index (κ2) is 4.01. The van der Waals surface area contributed by atoms with Gasteiger partial charge in [-0.3, -0.25) is 0 Å². The summed E-state index contributed by atoms with van der Waals surface area (Å²) in [5, 5.41) is 0. The third-order valence-electron chi connectivity index (χ3n) is 2.66. The van der Waals surface area contributed by atoms with Crippen LogP contribution in [0.25, 0.3) is 0 Å². The minimum absolute atomic E-state index is 0.477. The Morgan fingerprint density at radius 3 is 1.92 bits per heavy atom. The molecule has 0 aromatic rings. The van der Waals surface area contributed by atoms with Crippen molar-refractivity contribution in [3.05, 3.63) is 0 Å². The van der Waals surface area contributed by atoms with Crippen LogP contribution in [-0.2, 0) is 4.74 Å². The molecule has 0 amide bonds. The SMILES string of the molecule is COCCN1S(C)(C)CCS1(C)C. The average molecular weight is 225 g/mol. The zero-order valence-electron chi connectivity index (χ0n) is 9.50. The van der Waals surface area contributed by atoms with Crippen LogP contribution in [-0.4, -0.2) is 60.5 Å². The fourth-order valence-corrected chi connectivity index (χ4v) is 11.4. The lowest BCUT2D eigenvalue weighted by Crippen LogP contribution is -2.27. The van der Waals surface area contributed by atoms with Gasteiger partial charge in [0.2, 0.25) is 0 Å². The minimum atomic E-state index is -0.477. The number of ether oxygens (including phenoxy) is 1. The third kappa shape index (κ3) is 2.55. The lowest BCUT2D eigenvalue weighted by Gasteiger charge is -2.45. The molecule has 2 nitrogen and oxygen atoms in total. The first-order valence-electron chi connectivity index (χ1n) is 4.59. The van der Waals surface area contributed by atoms with Crippen molar-refractivity contribution in [3.8, 4) is 0 Å². The van der Waals surface area contributed by atoms with Gasteiger partial charge in [-0.05, 0) is 36.5 Å². The van der Waals surface area contributed by atoms with Crippen LogP contribution in [0.4, 0.5) is 0 Å². The maximum Gasteiger partial charge on any atom is 0.0607 e. The molecule has 1 aliphatic rings. The Hall–Kier alpha value is 0.620. The molecule has 1 heterocycles. The fraction of sp³-hybridized carbons (Fsp3) is 1.00. The summed E-state index contributed by atoms with van der Waals surface area (Å²) in [6.07, 6.45) is 9.74. The Bertz CT molecular complexity index is 166. The van der Waals surface area contributed by atoms with Crippen molar-refractivity contribution >= 4 is 20.4 Å². The van der Waals surface area contributed by atoms with Crippen molar-refractivity contribution in [2.75, 3.05) is 56.8 Å². The second-order valence-corrected chi connectivity index (χ2v) is 12.3. The van der Waals surface area contributed by atoms with E-state index in [1.807, 2.05) is 0 Å². The highest BCUT2D eigenvalue weighted by Crippen LogP contribution is 2.67. The van der Waals surface area contributed by atoms with Crippen LogP contribution in [0.1, 0.15) is 0 Å². The normalized spacial score (nSPS) is 31.5. The van der Waals surface area contributed by atoms with Crippen molar-refractivity contribution in [3.63, 3.8) is 0 Å². The second-order valence-electron chi connectivity index (χ2n) is 4.42. The van der Waals surface area contributed by atoms with Crippen LogP contribution in [0, 0.1) is 0 Å². The van der Waals surface area contributed by atoms with E-state index in [2.05, 4.69) is 28.7 Å². The van der Waals surface area contributed by atoms with E-state index in [4.69, 9.17) is 4.74 Å². The summed E-state index contributed by atoms with van der Waals surface area (Å²) in [6, 6.07) is 0. The Balaban J connectivity index is 2.64. The Morgan fingerprint density at radius 2 is 1.54 bits per heavy atom. The molecule has 4 heteroatoms. The van der Waals surface area contributed by atoms with Gasteiger partial charge in [0.1, 0.15) is 0 Å². The molecule has 0 radical (unpaired) electrons. The third-order valence-corrected chi connectivity index (χ3v) is 10.3. The van der Waals surface area contributed by atoms with Crippen LogP contribution >= 0.6 is 20.4 Å². The summed E-state index contributed by atoms with van der Waals surface area (Å²) in [7, 11) is 0.839. The molecule has 0 atom stereocenters. The molecule has 1 aliphatic heterocycles. The van der Waals surface area contributed by atoms with Crippen LogP contribution < -0.4 is 0 Å². The molecule has 0 unspecified atom stereocenters. The predicted molar refractivity (Wildman–Crippen MR) is 67.2 cm³/mol. The van der Waals surface area contributed by atoms with E-state index in [1.54, 1.807) is 7.11 Å². The summed E-state index contributed by atoms with van der Waals surface area (Å²) >= 11 is 0. The molecule has 0 N–H and O–H groups in total. The number of methoxy groups -OCH3 is 1. The first-order valence-corrected chi connectivity index (χ1v) is 9.74. The zero-order chi connectivity index (χ0) is 10.1. The maximum absolute atomic E-state index is 5.18. The smallest absolute Gasteiger partial charge is 0.0607 e. The molecular weight excluding hydrogens is 202 g/mol. The number of rotatable bonds is 3. The highest BCUT2D eigenvalue weighted by atomic mass is 32.3. The van der Waals surface area contributed by atoms with Gasteiger partial charge in [-0.2, -0.15) is 20.4 Å². The van der Waals surface area contributed by atoms with Crippen LogP contribution in [0.15, 0.2) is 0 Å². The van der Waals surface area contributed by atoms with E-state index in [9.17, 15) is 0 Å². The molecular formula is C9H23NOS2. The molecule has 0 bridgehead atoms. The van der Waals surface area contributed by atoms with Gasteiger partial charge in [0, 0.05) is 13.7 Å². The van der Waals surface area contributed by atoms with Crippen molar-refractivity contribution in [2.24, 2.45) is 0 Å². The van der Waals surface area contributed by atoms with Crippen LogP contribution in [0.5, 0.6) is 0 Å². The van der Waals surface area contributed by atoms with Gasteiger partial charge in [0.15, 0.2) is 0 Å². The fourth-order valence-electron chi connectivity index (χ4n) is 1.82. The lowest BCUT2D eigenvalue weighted by molar-refractivity contribution is 0.196. The Kier molecular flexibility index (Phi) is 3.60. The molecule has 0 aromatic heterocycles. The first kappa shape index (κ1) is 11.7. The molecule has 1 saturated heterocycles. The molecule has 13 heavy (non-hydrogen) atoms. The molecule has 0 aliphatic carbocycles. The lowest BCUT2D eigenvalue weighted by atomic mass is 10.7. The molecule has 1 fully saturated rings. The van der Waals surface area contributed by atoms with Gasteiger partial charge < -0.3 is 4.74 Å². The van der Waals surface area contributed by atoms with Crippen molar-refractivity contribution < 1.29 is 4.74 Å². The molecule has 0 saturated carbocycles. The average Bonchev–Trinajstić information content (AvgIpc) is 2.20.